The van der Waals surface area contributed by atoms with Gasteiger partial charge in [0.05, 0.1) is 5.69 Å². The van der Waals surface area contributed by atoms with Gasteiger partial charge in [-0.3, -0.25) is 0 Å². The topological polar surface area (TPSA) is 75.9 Å². The number of halogens is 2. The second-order valence-electron chi connectivity index (χ2n) is 5.07. The number of hydrogen-bond acceptors (Lipinski definition) is 5. The zero-order valence-corrected chi connectivity index (χ0v) is 11.5. The van der Waals surface area contributed by atoms with Crippen LogP contribution in [0.2, 0.25) is 0 Å². The van der Waals surface area contributed by atoms with Gasteiger partial charge in [0.25, 0.3) is 0 Å². The lowest BCUT2D eigenvalue weighted by Gasteiger charge is -2.14. The third-order valence-electron chi connectivity index (χ3n) is 3.42. The van der Waals surface area contributed by atoms with Gasteiger partial charge in [-0.2, -0.15) is 0 Å². The van der Waals surface area contributed by atoms with E-state index < -0.39 is 11.6 Å². The van der Waals surface area contributed by atoms with Crippen LogP contribution in [0.25, 0.3) is 0 Å². The number of hydrogen-bond donors (Lipinski definition) is 3. The lowest BCUT2D eigenvalue weighted by molar-refractivity contribution is 0.603. The standard InChI is InChI=1S/C14H15F2N5/c1-7-12(18-11-6-9(15)4-5-10(11)16)19-14(8-2-3-8)20-13(7)21-17/h4-6,8H,2-3,17H2,1H3,(H2,18,19,20,21). The molecule has 1 fully saturated rings. The Hall–Kier alpha value is -2.28. The van der Waals surface area contributed by atoms with Crippen molar-refractivity contribution in [1.82, 2.24) is 9.97 Å². The summed E-state index contributed by atoms with van der Waals surface area (Å²) in [7, 11) is 0. The summed E-state index contributed by atoms with van der Waals surface area (Å²) in [6.07, 6.45) is 2.06. The Bertz CT molecular complexity index is 685. The lowest BCUT2D eigenvalue weighted by atomic mass is 10.2. The molecular formula is C14H15F2N5. The van der Waals surface area contributed by atoms with E-state index in [1.165, 1.54) is 0 Å². The van der Waals surface area contributed by atoms with Gasteiger partial charge in [0, 0.05) is 17.5 Å². The number of nitrogens with one attached hydrogen (secondary N) is 2. The molecule has 1 heterocycles. The van der Waals surface area contributed by atoms with Crippen molar-refractivity contribution in [3.05, 3.63) is 41.2 Å². The van der Waals surface area contributed by atoms with E-state index in [-0.39, 0.29) is 5.69 Å². The second kappa shape index (κ2) is 5.25. The molecule has 7 heteroatoms. The Morgan fingerprint density at radius 3 is 2.57 bits per heavy atom. The van der Waals surface area contributed by atoms with Crippen molar-refractivity contribution >= 4 is 17.3 Å². The first-order chi connectivity index (χ1) is 10.1. The molecule has 0 saturated heterocycles. The molecule has 21 heavy (non-hydrogen) atoms. The summed E-state index contributed by atoms with van der Waals surface area (Å²) >= 11 is 0. The number of rotatable bonds is 4. The van der Waals surface area contributed by atoms with Gasteiger partial charge in [-0.1, -0.05) is 0 Å². The van der Waals surface area contributed by atoms with Gasteiger partial charge in [-0.05, 0) is 31.9 Å². The fourth-order valence-electron chi connectivity index (χ4n) is 2.04. The van der Waals surface area contributed by atoms with Gasteiger partial charge < -0.3 is 10.7 Å². The first-order valence-electron chi connectivity index (χ1n) is 6.65. The number of benzene rings is 1. The molecule has 1 saturated carbocycles. The average molecular weight is 291 g/mol. The zero-order valence-electron chi connectivity index (χ0n) is 11.5. The number of aromatic nitrogens is 2. The largest absolute Gasteiger partial charge is 0.337 e. The molecule has 1 aromatic carbocycles. The minimum Gasteiger partial charge on any atom is -0.337 e. The minimum atomic E-state index is -0.551. The van der Waals surface area contributed by atoms with E-state index in [0.717, 1.165) is 31.0 Å². The molecule has 0 aliphatic heterocycles. The number of nitrogen functional groups attached to an aromatic ring is 1. The van der Waals surface area contributed by atoms with Crippen molar-refractivity contribution in [3.63, 3.8) is 0 Å². The zero-order chi connectivity index (χ0) is 15.0. The van der Waals surface area contributed by atoms with Crippen molar-refractivity contribution < 1.29 is 8.78 Å². The smallest absolute Gasteiger partial charge is 0.148 e. The normalized spacial score (nSPS) is 14.1. The van der Waals surface area contributed by atoms with Gasteiger partial charge in [0.2, 0.25) is 0 Å². The second-order valence-corrected chi connectivity index (χ2v) is 5.07. The number of hydrazine groups is 1. The summed E-state index contributed by atoms with van der Waals surface area (Å²) in [6.45, 7) is 1.76. The summed E-state index contributed by atoms with van der Waals surface area (Å²) in [5, 5.41) is 2.82. The van der Waals surface area contributed by atoms with Crippen LogP contribution in [0.15, 0.2) is 18.2 Å². The fraction of sp³-hybridized carbons (Fsp3) is 0.286. The molecule has 0 radical (unpaired) electrons. The third-order valence-corrected chi connectivity index (χ3v) is 3.42. The number of nitrogens with two attached hydrogens (primary N) is 1. The van der Waals surface area contributed by atoms with Crippen molar-refractivity contribution in [2.75, 3.05) is 10.7 Å². The van der Waals surface area contributed by atoms with Gasteiger partial charge >= 0.3 is 0 Å². The summed E-state index contributed by atoms with van der Waals surface area (Å²) in [4.78, 5) is 8.74. The van der Waals surface area contributed by atoms with Crippen molar-refractivity contribution in [2.24, 2.45) is 5.84 Å². The maximum atomic E-state index is 13.7. The van der Waals surface area contributed by atoms with E-state index in [2.05, 4.69) is 20.7 Å². The molecule has 1 aliphatic carbocycles. The minimum absolute atomic E-state index is 0.0292. The maximum Gasteiger partial charge on any atom is 0.148 e. The van der Waals surface area contributed by atoms with E-state index in [1.807, 2.05) is 0 Å². The highest BCUT2D eigenvalue weighted by Crippen LogP contribution is 2.39. The molecule has 1 aliphatic rings. The van der Waals surface area contributed by atoms with Crippen LogP contribution in [-0.4, -0.2) is 9.97 Å². The first-order valence-corrected chi connectivity index (χ1v) is 6.65. The van der Waals surface area contributed by atoms with Crippen LogP contribution >= 0.6 is 0 Å². The van der Waals surface area contributed by atoms with E-state index in [1.54, 1.807) is 6.92 Å². The molecule has 0 atom stereocenters. The van der Waals surface area contributed by atoms with E-state index in [4.69, 9.17) is 5.84 Å². The monoisotopic (exact) mass is 291 g/mol. The first kappa shape index (κ1) is 13.7. The predicted molar refractivity (Wildman–Crippen MR) is 76.2 cm³/mol. The molecule has 0 amide bonds. The molecule has 4 N–H and O–H groups in total. The Labute approximate surface area is 120 Å². The van der Waals surface area contributed by atoms with E-state index in [9.17, 15) is 8.78 Å². The highest BCUT2D eigenvalue weighted by Gasteiger charge is 2.28. The third kappa shape index (κ3) is 2.78. The number of nitrogens with zero attached hydrogens (tertiary/aromatic N) is 2. The molecule has 0 bridgehead atoms. The van der Waals surface area contributed by atoms with Crippen molar-refractivity contribution in [2.45, 2.75) is 25.7 Å². The van der Waals surface area contributed by atoms with E-state index in [0.29, 0.717) is 28.9 Å². The average Bonchev–Trinajstić information content (AvgIpc) is 3.29. The maximum absolute atomic E-state index is 13.7. The van der Waals surface area contributed by atoms with Crippen LogP contribution in [-0.2, 0) is 0 Å². The highest BCUT2D eigenvalue weighted by atomic mass is 19.1. The molecule has 2 aromatic rings. The molecule has 110 valence electrons. The molecule has 0 spiro atoms. The highest BCUT2D eigenvalue weighted by molar-refractivity contribution is 5.65. The quantitative estimate of drug-likeness (QED) is 0.596. The van der Waals surface area contributed by atoms with Crippen LogP contribution in [0.1, 0.15) is 30.1 Å². The van der Waals surface area contributed by atoms with Crippen LogP contribution in [0.3, 0.4) is 0 Å². The molecular weight excluding hydrogens is 276 g/mol. The van der Waals surface area contributed by atoms with Gasteiger partial charge in [0.15, 0.2) is 0 Å². The molecule has 1 aromatic heterocycles. The number of anilines is 3. The fourth-order valence-corrected chi connectivity index (χ4v) is 2.04. The Balaban J connectivity index is 2.00. The molecule has 5 nitrogen and oxygen atoms in total. The Morgan fingerprint density at radius 2 is 1.90 bits per heavy atom. The van der Waals surface area contributed by atoms with Crippen LogP contribution in [0.5, 0.6) is 0 Å². The molecule has 3 rings (SSSR count). The molecule has 0 unspecified atom stereocenters. The Morgan fingerprint density at radius 1 is 1.19 bits per heavy atom. The van der Waals surface area contributed by atoms with E-state index >= 15 is 0 Å². The summed E-state index contributed by atoms with van der Waals surface area (Å²) in [5.74, 6) is 6.25. The van der Waals surface area contributed by atoms with Gasteiger partial charge in [-0.25, -0.2) is 24.6 Å². The summed E-state index contributed by atoms with van der Waals surface area (Å²) < 4.78 is 27.0. The summed E-state index contributed by atoms with van der Waals surface area (Å²) in [6, 6.07) is 3.22. The summed E-state index contributed by atoms with van der Waals surface area (Å²) in [5.41, 5.74) is 3.18. The van der Waals surface area contributed by atoms with Crippen LogP contribution < -0.4 is 16.6 Å². The van der Waals surface area contributed by atoms with Gasteiger partial charge in [0.1, 0.15) is 29.1 Å². The predicted octanol–water partition coefficient (Wildman–Crippen LogP) is 2.97. The Kier molecular flexibility index (Phi) is 3.42. The SMILES string of the molecule is Cc1c(NN)nc(C2CC2)nc1Nc1cc(F)ccc1F. The van der Waals surface area contributed by atoms with Crippen molar-refractivity contribution in [3.8, 4) is 0 Å². The van der Waals surface area contributed by atoms with Crippen LogP contribution in [0.4, 0.5) is 26.1 Å². The van der Waals surface area contributed by atoms with Gasteiger partial charge in [-0.15, -0.1) is 0 Å². The van der Waals surface area contributed by atoms with Crippen LogP contribution in [0, 0.1) is 18.6 Å². The van der Waals surface area contributed by atoms with Crippen molar-refractivity contribution in [1.29, 1.82) is 0 Å². The lowest BCUT2D eigenvalue weighted by Crippen LogP contribution is -2.14.